The van der Waals surface area contributed by atoms with Crippen LogP contribution in [0.3, 0.4) is 0 Å². The van der Waals surface area contributed by atoms with E-state index in [4.69, 9.17) is 0 Å². The average molecular weight is 374 g/mol. The van der Waals surface area contributed by atoms with Gasteiger partial charge in [0.15, 0.2) is 0 Å². The maximum atomic E-state index is 12.8. The molecule has 0 aliphatic rings. The summed E-state index contributed by atoms with van der Waals surface area (Å²) >= 11 is 6.76. The van der Waals surface area contributed by atoms with Gasteiger partial charge in [0.1, 0.15) is 7.14 Å². The molecule has 0 radical (unpaired) electrons. The molecule has 0 saturated carbocycles. The number of hydrogen-bond acceptors (Lipinski definition) is 1. The fourth-order valence-electron chi connectivity index (χ4n) is 1.60. The topological polar surface area (TPSA) is 17.1 Å². The Balaban J connectivity index is 2.45. The van der Waals surface area contributed by atoms with Crippen LogP contribution in [-0.4, -0.2) is 6.66 Å². The van der Waals surface area contributed by atoms with E-state index in [0.717, 1.165) is 19.6 Å². The molecule has 0 saturated heterocycles. The lowest BCUT2D eigenvalue weighted by Crippen LogP contribution is -2.14. The highest BCUT2D eigenvalue weighted by Crippen LogP contribution is 2.39. The van der Waals surface area contributed by atoms with Gasteiger partial charge in [0.2, 0.25) is 0 Å². The molecule has 4 heteroatoms. The van der Waals surface area contributed by atoms with E-state index in [1.54, 1.807) is 6.66 Å². The maximum Gasteiger partial charge on any atom is 0.140 e. The second-order valence-electron chi connectivity index (χ2n) is 3.88. The molecule has 2 aromatic rings. The lowest BCUT2D eigenvalue weighted by molar-refractivity contribution is 0.590. The van der Waals surface area contributed by atoms with Gasteiger partial charge >= 0.3 is 0 Å². The van der Waals surface area contributed by atoms with Gasteiger partial charge < -0.3 is 4.57 Å². The van der Waals surface area contributed by atoms with Crippen LogP contribution in [0.2, 0.25) is 0 Å². The predicted molar refractivity (Wildman–Crippen MR) is 81.1 cm³/mol. The van der Waals surface area contributed by atoms with E-state index in [2.05, 4.69) is 31.9 Å². The minimum absolute atomic E-state index is 0.878. The molecule has 0 aliphatic carbocycles. The Labute approximate surface area is 118 Å². The first-order valence-corrected chi connectivity index (χ1v) is 8.84. The quantitative estimate of drug-likeness (QED) is 0.722. The van der Waals surface area contributed by atoms with Crippen LogP contribution in [0.4, 0.5) is 0 Å². The highest BCUT2D eigenvalue weighted by Gasteiger charge is 2.20. The molecule has 1 nitrogen and oxygen atoms in total. The maximum absolute atomic E-state index is 12.8. The minimum Gasteiger partial charge on any atom is -0.314 e. The molecule has 0 spiro atoms. The summed E-state index contributed by atoms with van der Waals surface area (Å²) in [5, 5.41) is 1.76. The molecule has 0 heterocycles. The molecule has 2 rings (SSSR count). The van der Waals surface area contributed by atoms with E-state index in [1.807, 2.05) is 48.5 Å². The van der Waals surface area contributed by atoms with E-state index in [1.165, 1.54) is 0 Å². The van der Waals surface area contributed by atoms with Gasteiger partial charge in [0.25, 0.3) is 0 Å². The van der Waals surface area contributed by atoms with Crippen molar-refractivity contribution in [2.24, 2.45) is 0 Å². The van der Waals surface area contributed by atoms with Gasteiger partial charge in [-0.1, -0.05) is 56.1 Å². The summed E-state index contributed by atoms with van der Waals surface area (Å²) in [4.78, 5) is 0. The smallest absolute Gasteiger partial charge is 0.140 e. The molecular formula is C13H11Br2OP. The molecule has 0 N–H and O–H groups in total. The SMILES string of the molecule is CP(=O)(c1ccc(Br)cc1)c1ccc(Br)cc1. The molecule has 0 atom stereocenters. The molecule has 0 unspecified atom stereocenters. The van der Waals surface area contributed by atoms with Crippen LogP contribution in [-0.2, 0) is 4.57 Å². The third-order valence-corrected chi connectivity index (χ3v) is 6.26. The minimum atomic E-state index is -2.48. The van der Waals surface area contributed by atoms with Crippen LogP contribution in [0, 0.1) is 0 Å². The van der Waals surface area contributed by atoms with Crippen LogP contribution in [0.25, 0.3) is 0 Å². The van der Waals surface area contributed by atoms with Gasteiger partial charge in [-0.2, -0.15) is 0 Å². The molecular weight excluding hydrogens is 363 g/mol. The highest BCUT2D eigenvalue weighted by molar-refractivity contribution is 9.10. The summed E-state index contributed by atoms with van der Waals surface area (Å²) in [5.41, 5.74) is 0. The first-order valence-electron chi connectivity index (χ1n) is 5.10. The van der Waals surface area contributed by atoms with E-state index in [0.29, 0.717) is 0 Å². The van der Waals surface area contributed by atoms with Gasteiger partial charge in [-0.15, -0.1) is 0 Å². The zero-order valence-corrected chi connectivity index (χ0v) is 13.3. The van der Waals surface area contributed by atoms with Gasteiger partial charge in [-0.05, 0) is 30.9 Å². The predicted octanol–water partition coefficient (Wildman–Crippen LogP) is 4.16. The van der Waals surface area contributed by atoms with Gasteiger partial charge in [0, 0.05) is 19.6 Å². The van der Waals surface area contributed by atoms with E-state index in [9.17, 15) is 4.57 Å². The monoisotopic (exact) mass is 372 g/mol. The first-order chi connectivity index (χ1) is 8.00. The first kappa shape index (κ1) is 13.1. The van der Waals surface area contributed by atoms with Crippen molar-refractivity contribution in [3.05, 3.63) is 57.5 Å². The lowest BCUT2D eigenvalue weighted by Gasteiger charge is -2.14. The molecule has 0 aromatic heterocycles. The fourth-order valence-corrected chi connectivity index (χ4v) is 3.86. The van der Waals surface area contributed by atoms with E-state index >= 15 is 0 Å². The number of halogens is 2. The normalized spacial score (nSPS) is 11.5. The number of rotatable bonds is 2. The van der Waals surface area contributed by atoms with Crippen LogP contribution in [0.15, 0.2) is 57.5 Å². The molecule has 88 valence electrons. The van der Waals surface area contributed by atoms with Crippen LogP contribution < -0.4 is 10.6 Å². The van der Waals surface area contributed by atoms with E-state index < -0.39 is 7.14 Å². The molecule has 0 aliphatic heterocycles. The molecule has 0 amide bonds. The zero-order chi connectivity index (χ0) is 12.5. The Morgan fingerprint density at radius 2 is 1.06 bits per heavy atom. The third kappa shape index (κ3) is 2.90. The van der Waals surface area contributed by atoms with Gasteiger partial charge in [-0.3, -0.25) is 0 Å². The summed E-state index contributed by atoms with van der Waals surface area (Å²) in [6, 6.07) is 15.3. The summed E-state index contributed by atoms with van der Waals surface area (Å²) in [6.45, 7) is 1.81. The Bertz CT molecular complexity index is 511. The highest BCUT2D eigenvalue weighted by atomic mass is 79.9. The van der Waals surface area contributed by atoms with Crippen molar-refractivity contribution < 1.29 is 4.57 Å². The van der Waals surface area contributed by atoms with Crippen molar-refractivity contribution in [2.75, 3.05) is 6.66 Å². The number of benzene rings is 2. The van der Waals surface area contributed by atoms with Crippen molar-refractivity contribution >= 4 is 49.6 Å². The van der Waals surface area contributed by atoms with Crippen molar-refractivity contribution in [3.8, 4) is 0 Å². The van der Waals surface area contributed by atoms with Gasteiger partial charge in [0.05, 0.1) is 0 Å². The van der Waals surface area contributed by atoms with Crippen molar-refractivity contribution in [3.63, 3.8) is 0 Å². The van der Waals surface area contributed by atoms with Crippen molar-refractivity contribution in [2.45, 2.75) is 0 Å². The van der Waals surface area contributed by atoms with Crippen LogP contribution in [0.5, 0.6) is 0 Å². The summed E-state index contributed by atoms with van der Waals surface area (Å²) in [7, 11) is -2.48. The Hall–Kier alpha value is -0.370. The Kier molecular flexibility index (Phi) is 3.92. The lowest BCUT2D eigenvalue weighted by atomic mass is 10.4. The van der Waals surface area contributed by atoms with E-state index in [-0.39, 0.29) is 0 Å². The summed E-state index contributed by atoms with van der Waals surface area (Å²) in [6.07, 6.45) is 0. The molecule has 0 fully saturated rings. The number of hydrogen-bond donors (Lipinski definition) is 0. The summed E-state index contributed by atoms with van der Waals surface area (Å²) in [5.74, 6) is 0. The summed E-state index contributed by atoms with van der Waals surface area (Å²) < 4.78 is 14.8. The third-order valence-electron chi connectivity index (χ3n) is 2.64. The second-order valence-corrected chi connectivity index (χ2v) is 8.59. The standard InChI is InChI=1S/C13H11Br2OP/c1-17(16,12-6-2-10(14)3-7-12)13-8-4-11(15)5-9-13/h2-9H,1H3. The molecule has 2 aromatic carbocycles. The van der Waals surface area contributed by atoms with Crippen molar-refractivity contribution in [1.29, 1.82) is 0 Å². The largest absolute Gasteiger partial charge is 0.314 e. The van der Waals surface area contributed by atoms with Crippen LogP contribution in [0.1, 0.15) is 0 Å². The fraction of sp³-hybridized carbons (Fsp3) is 0.0769. The van der Waals surface area contributed by atoms with Crippen molar-refractivity contribution in [1.82, 2.24) is 0 Å². The molecule has 17 heavy (non-hydrogen) atoms. The molecule has 0 bridgehead atoms. The second kappa shape index (κ2) is 5.09. The average Bonchev–Trinajstić information content (AvgIpc) is 2.30. The van der Waals surface area contributed by atoms with Crippen LogP contribution >= 0.6 is 39.0 Å². The van der Waals surface area contributed by atoms with Gasteiger partial charge in [-0.25, -0.2) is 0 Å². The zero-order valence-electron chi connectivity index (χ0n) is 9.23. The Morgan fingerprint density at radius 3 is 1.35 bits per heavy atom. The Morgan fingerprint density at radius 1 is 0.765 bits per heavy atom.